The normalized spacial score (nSPS) is 17.6. The number of rotatable bonds is 10. The van der Waals surface area contributed by atoms with Crippen molar-refractivity contribution < 1.29 is 43.2 Å². The van der Waals surface area contributed by atoms with Crippen molar-refractivity contribution in [2.24, 2.45) is 5.92 Å². The lowest BCUT2D eigenvalue weighted by molar-refractivity contribution is -0.158. The van der Waals surface area contributed by atoms with Crippen molar-refractivity contribution in [1.82, 2.24) is 19.6 Å². The molecule has 0 unspecified atom stereocenters. The van der Waals surface area contributed by atoms with E-state index in [1.165, 1.54) is 0 Å². The van der Waals surface area contributed by atoms with Gasteiger partial charge in [-0.15, -0.1) is 0 Å². The molecule has 0 atom stereocenters. The van der Waals surface area contributed by atoms with Crippen molar-refractivity contribution in [3.63, 3.8) is 0 Å². The Kier molecular flexibility index (Phi) is 17.2. The highest BCUT2D eigenvalue weighted by atomic mass is 16.6. The van der Waals surface area contributed by atoms with Gasteiger partial charge in [-0.2, -0.15) is 0 Å². The lowest BCUT2D eigenvalue weighted by Gasteiger charge is -2.33. The Morgan fingerprint density at radius 1 is 0.509 bits per heavy atom. The lowest BCUT2D eigenvalue weighted by Crippen LogP contribution is -2.46. The highest BCUT2D eigenvalue weighted by molar-refractivity contribution is 5.73. The van der Waals surface area contributed by atoms with Gasteiger partial charge in [0.1, 0.15) is 28.2 Å². The van der Waals surface area contributed by atoms with Crippen LogP contribution >= 0.6 is 0 Å². The molecule has 0 amide bonds. The number of esters is 4. The zero-order valence-corrected chi connectivity index (χ0v) is 34.6. The maximum atomic E-state index is 13.3. The van der Waals surface area contributed by atoms with Crippen LogP contribution in [0.4, 0.5) is 0 Å². The van der Waals surface area contributed by atoms with Gasteiger partial charge in [0.25, 0.3) is 0 Å². The fraction of sp³-hybridized carbons (Fsp3) is 0.750. The second kappa shape index (κ2) is 19.9. The molecule has 0 spiro atoms. The summed E-state index contributed by atoms with van der Waals surface area (Å²) < 4.78 is 22.8. The van der Waals surface area contributed by atoms with Crippen LogP contribution in [0.15, 0.2) is 24.3 Å². The number of hydrogen-bond donors (Lipinski definition) is 1. The second-order valence-electron chi connectivity index (χ2n) is 18.1. The molecule has 0 aromatic heterocycles. The first kappa shape index (κ1) is 45.9. The van der Waals surface area contributed by atoms with Crippen molar-refractivity contribution in [2.75, 3.05) is 78.5 Å². The molecule has 302 valence electrons. The Morgan fingerprint density at radius 3 is 1.06 bits per heavy atom. The van der Waals surface area contributed by atoms with E-state index in [0.717, 1.165) is 5.56 Å². The summed E-state index contributed by atoms with van der Waals surface area (Å²) in [4.78, 5) is 60.8. The maximum Gasteiger partial charge on any atom is 0.320 e. The van der Waals surface area contributed by atoms with E-state index in [4.69, 9.17) is 18.9 Å². The molecule has 2 rings (SSSR count). The van der Waals surface area contributed by atoms with E-state index in [9.17, 15) is 24.3 Å². The monoisotopic (exact) mass is 748 g/mol. The SMILES string of the molecule is CC(C)(C)OC(=O)CN1CCN(CC(=O)OC(C)(C)C)CCN(CC(=O)OC(C)(C)C)CC(Cc2ccc(O)cc2)CN(CC(=O)OC(C)(C)C)CC1. The number of aromatic hydroxyl groups is 1. The highest BCUT2D eigenvalue weighted by Gasteiger charge is 2.29. The van der Waals surface area contributed by atoms with Gasteiger partial charge < -0.3 is 24.1 Å². The molecule has 1 aromatic rings. The molecule has 0 saturated carbocycles. The Labute approximate surface area is 318 Å². The van der Waals surface area contributed by atoms with E-state index in [0.29, 0.717) is 58.8 Å². The van der Waals surface area contributed by atoms with E-state index in [1.54, 1.807) is 12.1 Å². The van der Waals surface area contributed by atoms with Gasteiger partial charge in [-0.05, 0) is 113 Å². The molecule has 1 saturated heterocycles. The number of hydrogen-bond acceptors (Lipinski definition) is 13. The van der Waals surface area contributed by atoms with E-state index in [1.807, 2.05) is 115 Å². The molecule has 0 radical (unpaired) electrons. The summed E-state index contributed by atoms with van der Waals surface area (Å²) in [5, 5.41) is 9.97. The molecular weight excluding hydrogens is 680 g/mol. The first-order chi connectivity index (χ1) is 24.2. The van der Waals surface area contributed by atoms with E-state index < -0.39 is 22.4 Å². The van der Waals surface area contributed by atoms with Crippen LogP contribution in [-0.4, -0.2) is 150 Å². The Hall–Kier alpha value is -3.26. The van der Waals surface area contributed by atoms with Crippen LogP contribution in [-0.2, 0) is 44.5 Å². The molecule has 1 aliphatic heterocycles. The fourth-order valence-electron chi connectivity index (χ4n) is 5.97. The van der Waals surface area contributed by atoms with Crippen LogP contribution in [0.25, 0.3) is 0 Å². The minimum absolute atomic E-state index is 0.0273. The number of carbonyl (C=O) groups is 4. The Bertz CT molecular complexity index is 1250. The van der Waals surface area contributed by atoms with Gasteiger partial charge in [0.05, 0.1) is 26.2 Å². The third kappa shape index (κ3) is 21.9. The quantitative estimate of drug-likeness (QED) is 0.271. The molecule has 1 N–H and O–H groups in total. The number of carbonyl (C=O) groups excluding carboxylic acids is 4. The summed E-state index contributed by atoms with van der Waals surface area (Å²) in [5.41, 5.74) is -1.67. The molecule has 1 fully saturated rings. The largest absolute Gasteiger partial charge is 0.508 e. The Balaban J connectivity index is 2.57. The first-order valence-corrected chi connectivity index (χ1v) is 18.8. The topological polar surface area (TPSA) is 138 Å². The van der Waals surface area contributed by atoms with Crippen LogP contribution in [0.1, 0.15) is 88.6 Å². The molecule has 1 aliphatic rings. The molecule has 13 nitrogen and oxygen atoms in total. The Morgan fingerprint density at radius 2 is 0.774 bits per heavy atom. The molecule has 13 heteroatoms. The number of nitrogens with zero attached hydrogens (tertiary/aromatic N) is 4. The first-order valence-electron chi connectivity index (χ1n) is 18.8. The van der Waals surface area contributed by atoms with Crippen LogP contribution in [0.2, 0.25) is 0 Å². The minimum atomic E-state index is -0.669. The molecule has 53 heavy (non-hydrogen) atoms. The molecular formula is C40H68N4O9. The van der Waals surface area contributed by atoms with E-state index in [-0.39, 0.29) is 61.7 Å². The standard InChI is InChI=1S/C40H68N4O9/c1-37(2,3)50-33(46)26-41-17-18-42(27-34(47)51-38(4,5)6)20-22-44(29-36(49)53-40(10,11)12)25-31(23-30-13-15-32(45)16-14-30)24-43(21-19-41)28-35(48)52-39(7,8)9/h13-16,31,45H,17-29H2,1-12H3. The average molecular weight is 749 g/mol. The summed E-state index contributed by atoms with van der Waals surface area (Å²) in [5.74, 6) is -1.38. The molecule has 0 bridgehead atoms. The van der Waals surface area contributed by atoms with Crippen LogP contribution in [0.5, 0.6) is 5.75 Å². The third-order valence-electron chi connectivity index (χ3n) is 7.78. The maximum absolute atomic E-state index is 13.3. The zero-order chi connectivity index (χ0) is 40.2. The van der Waals surface area contributed by atoms with Gasteiger partial charge in [0.15, 0.2) is 0 Å². The van der Waals surface area contributed by atoms with Gasteiger partial charge in [-0.25, -0.2) is 0 Å². The van der Waals surface area contributed by atoms with Gasteiger partial charge in [-0.1, -0.05) is 12.1 Å². The van der Waals surface area contributed by atoms with Crippen LogP contribution < -0.4 is 0 Å². The predicted octanol–water partition coefficient (Wildman–Crippen LogP) is 4.14. The molecule has 1 aromatic carbocycles. The minimum Gasteiger partial charge on any atom is -0.508 e. The molecule has 1 heterocycles. The predicted molar refractivity (Wildman–Crippen MR) is 204 cm³/mol. The number of phenolic OH excluding ortho intramolecular Hbond substituents is 1. The lowest BCUT2D eigenvalue weighted by atomic mass is 9.97. The second-order valence-corrected chi connectivity index (χ2v) is 18.1. The van der Waals surface area contributed by atoms with Crippen molar-refractivity contribution in [3.8, 4) is 5.75 Å². The number of benzene rings is 1. The van der Waals surface area contributed by atoms with Crippen LogP contribution in [0.3, 0.4) is 0 Å². The van der Waals surface area contributed by atoms with Crippen molar-refractivity contribution in [2.45, 2.75) is 112 Å². The summed E-state index contributed by atoms with van der Waals surface area (Å²) in [6.45, 7) is 25.6. The fourth-order valence-corrected chi connectivity index (χ4v) is 5.97. The van der Waals surface area contributed by atoms with Gasteiger partial charge in [-0.3, -0.25) is 38.8 Å². The van der Waals surface area contributed by atoms with Gasteiger partial charge >= 0.3 is 23.9 Å². The summed E-state index contributed by atoms with van der Waals surface area (Å²) in [7, 11) is 0. The van der Waals surface area contributed by atoms with Crippen molar-refractivity contribution in [3.05, 3.63) is 29.8 Å². The van der Waals surface area contributed by atoms with Crippen LogP contribution in [0, 0.1) is 5.92 Å². The summed E-state index contributed by atoms with van der Waals surface area (Å²) in [6.07, 6.45) is 0.596. The summed E-state index contributed by atoms with van der Waals surface area (Å²) >= 11 is 0. The highest BCUT2D eigenvalue weighted by Crippen LogP contribution is 2.19. The van der Waals surface area contributed by atoms with E-state index in [2.05, 4.69) is 0 Å². The van der Waals surface area contributed by atoms with Gasteiger partial charge in [0.2, 0.25) is 0 Å². The average Bonchev–Trinajstić information content (AvgIpc) is 2.94. The van der Waals surface area contributed by atoms with E-state index >= 15 is 0 Å². The van der Waals surface area contributed by atoms with Crippen molar-refractivity contribution in [1.29, 1.82) is 0 Å². The number of phenols is 1. The zero-order valence-electron chi connectivity index (χ0n) is 34.6. The third-order valence-corrected chi connectivity index (χ3v) is 7.78. The smallest absolute Gasteiger partial charge is 0.320 e. The summed E-state index contributed by atoms with van der Waals surface area (Å²) in [6, 6.07) is 7.04. The number of ether oxygens (including phenoxy) is 4. The molecule has 0 aliphatic carbocycles. The van der Waals surface area contributed by atoms with Crippen molar-refractivity contribution >= 4 is 23.9 Å². The van der Waals surface area contributed by atoms with Gasteiger partial charge in [0, 0.05) is 52.4 Å².